The predicted molar refractivity (Wildman–Crippen MR) is 148 cm³/mol. The predicted octanol–water partition coefficient (Wildman–Crippen LogP) is 0.227. The number of para-hydroxylation sites is 1. The first-order valence-electron chi connectivity index (χ1n) is 13.3. The zero-order valence-corrected chi connectivity index (χ0v) is 22.8. The zero-order valence-electron chi connectivity index (χ0n) is 22.8. The van der Waals surface area contributed by atoms with Crippen molar-refractivity contribution < 1.29 is 34.2 Å². The van der Waals surface area contributed by atoms with Gasteiger partial charge in [-0.2, -0.15) is 0 Å². The fraction of sp³-hybridized carbons (Fsp3) is 0.519. The van der Waals surface area contributed by atoms with Gasteiger partial charge in [0.1, 0.15) is 18.1 Å². The number of hydrogen-bond donors (Lipinski definition) is 8. The number of nitrogens with one attached hydrogen (secondary N) is 4. The molecule has 4 atom stereocenters. The molecule has 0 radical (unpaired) electrons. The van der Waals surface area contributed by atoms with Gasteiger partial charge in [0.15, 0.2) is 0 Å². The normalized spacial score (nSPS) is 14.2. The van der Waals surface area contributed by atoms with Gasteiger partial charge in [-0.3, -0.25) is 19.2 Å². The first kappa shape index (κ1) is 32.2. The van der Waals surface area contributed by atoms with Crippen molar-refractivity contribution in [2.75, 3.05) is 6.54 Å². The third kappa shape index (κ3) is 9.97. The van der Waals surface area contributed by atoms with Crippen LogP contribution < -0.4 is 27.4 Å². The van der Waals surface area contributed by atoms with Crippen molar-refractivity contribution in [2.45, 2.75) is 76.5 Å². The molecule has 0 aliphatic carbocycles. The molecule has 1 heterocycles. The second-order valence-corrected chi connectivity index (χ2v) is 10.2. The molecule has 13 heteroatoms. The van der Waals surface area contributed by atoms with Gasteiger partial charge in [-0.25, -0.2) is 4.79 Å². The third-order valence-electron chi connectivity index (χ3n) is 6.36. The van der Waals surface area contributed by atoms with E-state index in [0.717, 1.165) is 16.5 Å². The van der Waals surface area contributed by atoms with E-state index in [-0.39, 0.29) is 25.2 Å². The molecule has 2 aromatic rings. The SMILES string of the molecule is CC(C)CC(NC(=O)C(CC(=O)O)NC(=O)C(N)Cc1c[nH]c2ccccc12)C(=O)NC(CCCCN)C(=O)O. The third-order valence-corrected chi connectivity index (χ3v) is 6.36. The Labute approximate surface area is 232 Å². The average molecular weight is 561 g/mol. The maximum atomic E-state index is 13.1. The number of carboxylic acid groups (broad SMARTS) is 2. The van der Waals surface area contributed by atoms with Gasteiger partial charge in [0.05, 0.1) is 12.5 Å². The van der Waals surface area contributed by atoms with Crippen LogP contribution in [0.25, 0.3) is 10.9 Å². The quantitative estimate of drug-likeness (QED) is 0.124. The van der Waals surface area contributed by atoms with Crippen LogP contribution in [0.2, 0.25) is 0 Å². The number of nitrogens with two attached hydrogens (primary N) is 2. The Bertz CT molecular complexity index is 1180. The molecule has 4 unspecified atom stereocenters. The van der Waals surface area contributed by atoms with Crippen molar-refractivity contribution in [3.63, 3.8) is 0 Å². The summed E-state index contributed by atoms with van der Waals surface area (Å²) in [6.07, 6.45) is 2.51. The largest absolute Gasteiger partial charge is 0.481 e. The van der Waals surface area contributed by atoms with E-state index in [2.05, 4.69) is 20.9 Å². The smallest absolute Gasteiger partial charge is 0.326 e. The number of hydrogen-bond acceptors (Lipinski definition) is 7. The van der Waals surface area contributed by atoms with E-state index < -0.39 is 60.2 Å². The van der Waals surface area contributed by atoms with Crippen LogP contribution in [0.4, 0.5) is 0 Å². The Morgan fingerprint density at radius 1 is 0.900 bits per heavy atom. The number of H-pyrrole nitrogens is 1. The van der Waals surface area contributed by atoms with Gasteiger partial charge >= 0.3 is 11.9 Å². The lowest BCUT2D eigenvalue weighted by Crippen LogP contribution is -2.57. The molecule has 40 heavy (non-hydrogen) atoms. The van der Waals surface area contributed by atoms with E-state index in [4.69, 9.17) is 11.5 Å². The molecule has 10 N–H and O–H groups in total. The van der Waals surface area contributed by atoms with Crippen LogP contribution >= 0.6 is 0 Å². The molecule has 13 nitrogen and oxygen atoms in total. The summed E-state index contributed by atoms with van der Waals surface area (Å²) in [6, 6.07) is 2.53. The van der Waals surface area contributed by atoms with E-state index in [1.54, 1.807) is 6.20 Å². The highest BCUT2D eigenvalue weighted by Gasteiger charge is 2.32. The minimum absolute atomic E-state index is 0.0753. The minimum atomic E-state index is -1.51. The second-order valence-electron chi connectivity index (χ2n) is 10.2. The highest BCUT2D eigenvalue weighted by atomic mass is 16.4. The number of carbonyl (C=O) groups excluding carboxylic acids is 3. The highest BCUT2D eigenvalue weighted by Crippen LogP contribution is 2.19. The summed E-state index contributed by atoms with van der Waals surface area (Å²) in [7, 11) is 0. The number of amides is 3. The molecular weight excluding hydrogens is 520 g/mol. The lowest BCUT2D eigenvalue weighted by atomic mass is 10.0. The first-order chi connectivity index (χ1) is 18.9. The Balaban J connectivity index is 2.11. The number of aromatic amines is 1. The Morgan fingerprint density at radius 2 is 1.52 bits per heavy atom. The number of benzene rings is 1. The number of unbranched alkanes of at least 4 members (excludes halogenated alkanes) is 1. The Morgan fingerprint density at radius 3 is 2.15 bits per heavy atom. The number of carboxylic acids is 2. The Kier molecular flexibility index (Phi) is 12.6. The lowest BCUT2D eigenvalue weighted by Gasteiger charge is -2.25. The van der Waals surface area contributed by atoms with E-state index in [1.165, 1.54) is 0 Å². The second kappa shape index (κ2) is 15.6. The molecule has 1 aromatic carbocycles. The summed E-state index contributed by atoms with van der Waals surface area (Å²) >= 11 is 0. The van der Waals surface area contributed by atoms with E-state index in [0.29, 0.717) is 19.4 Å². The summed E-state index contributed by atoms with van der Waals surface area (Å²) in [4.78, 5) is 65.2. The van der Waals surface area contributed by atoms with Gasteiger partial charge < -0.3 is 42.6 Å². The molecule has 0 aliphatic rings. The molecular formula is C27H40N6O7. The summed E-state index contributed by atoms with van der Waals surface area (Å²) in [5, 5.41) is 27.1. The van der Waals surface area contributed by atoms with Crippen molar-refractivity contribution in [1.82, 2.24) is 20.9 Å². The number of aromatic nitrogens is 1. The van der Waals surface area contributed by atoms with E-state index in [1.807, 2.05) is 38.1 Å². The molecule has 0 aliphatic heterocycles. The van der Waals surface area contributed by atoms with Gasteiger partial charge in [0.2, 0.25) is 17.7 Å². The number of carbonyl (C=O) groups is 5. The number of fused-ring (bicyclic) bond motifs is 1. The molecule has 0 bridgehead atoms. The number of rotatable bonds is 17. The summed E-state index contributed by atoms with van der Waals surface area (Å²) in [5.41, 5.74) is 13.2. The maximum absolute atomic E-state index is 13.1. The van der Waals surface area contributed by atoms with Crippen LogP contribution in [0.15, 0.2) is 30.5 Å². The Hall–Kier alpha value is -3.97. The van der Waals surface area contributed by atoms with Crippen LogP contribution in [0.1, 0.15) is 51.5 Å². The van der Waals surface area contributed by atoms with Gasteiger partial charge in [-0.15, -0.1) is 0 Å². The standard InChI is InChI=1S/C27H40N6O7/c1-15(2)11-21(25(37)31-20(27(39)40)9-5-6-10-28)33-26(38)22(13-23(34)35)32-24(36)18(29)12-16-14-30-19-8-4-3-7-17(16)19/h3-4,7-8,14-15,18,20-22,30H,5-6,9-13,28-29H2,1-2H3,(H,31,37)(H,32,36)(H,33,38)(H,34,35)(H,39,40). The van der Waals surface area contributed by atoms with Gasteiger partial charge in [-0.05, 0) is 56.2 Å². The van der Waals surface area contributed by atoms with E-state index >= 15 is 0 Å². The molecule has 0 saturated carbocycles. The van der Waals surface area contributed by atoms with Crippen molar-refractivity contribution >= 4 is 40.6 Å². The fourth-order valence-electron chi connectivity index (χ4n) is 4.29. The average Bonchev–Trinajstić information content (AvgIpc) is 3.29. The maximum Gasteiger partial charge on any atom is 0.326 e. The van der Waals surface area contributed by atoms with Crippen LogP contribution in [-0.4, -0.2) is 75.6 Å². The van der Waals surface area contributed by atoms with Crippen molar-refractivity contribution in [2.24, 2.45) is 17.4 Å². The molecule has 2 rings (SSSR count). The van der Waals surface area contributed by atoms with E-state index in [9.17, 15) is 34.2 Å². The number of aliphatic carboxylic acids is 2. The summed E-state index contributed by atoms with van der Waals surface area (Å²) in [6.45, 7) is 4.00. The highest BCUT2D eigenvalue weighted by molar-refractivity contribution is 5.96. The molecule has 0 fully saturated rings. The molecule has 1 aromatic heterocycles. The van der Waals surface area contributed by atoms with Crippen LogP contribution in [0, 0.1) is 5.92 Å². The summed E-state index contributed by atoms with van der Waals surface area (Å²) < 4.78 is 0. The molecule has 0 spiro atoms. The van der Waals surface area contributed by atoms with Gasteiger partial charge in [0.25, 0.3) is 0 Å². The van der Waals surface area contributed by atoms with Crippen molar-refractivity contribution in [1.29, 1.82) is 0 Å². The van der Waals surface area contributed by atoms with Gasteiger partial charge in [0, 0.05) is 17.1 Å². The van der Waals surface area contributed by atoms with Crippen LogP contribution in [0.3, 0.4) is 0 Å². The van der Waals surface area contributed by atoms with Crippen molar-refractivity contribution in [3.8, 4) is 0 Å². The first-order valence-corrected chi connectivity index (χ1v) is 13.3. The molecule has 3 amide bonds. The zero-order chi connectivity index (χ0) is 29.8. The van der Waals surface area contributed by atoms with Crippen LogP contribution in [0.5, 0.6) is 0 Å². The van der Waals surface area contributed by atoms with Crippen molar-refractivity contribution in [3.05, 3.63) is 36.0 Å². The molecule has 220 valence electrons. The minimum Gasteiger partial charge on any atom is -0.481 e. The fourth-order valence-corrected chi connectivity index (χ4v) is 4.29. The van der Waals surface area contributed by atoms with Gasteiger partial charge in [-0.1, -0.05) is 32.0 Å². The monoisotopic (exact) mass is 560 g/mol. The molecule has 0 saturated heterocycles. The lowest BCUT2D eigenvalue weighted by molar-refractivity contribution is -0.143. The summed E-state index contributed by atoms with van der Waals surface area (Å²) in [5.74, 6) is -5.00. The topological polar surface area (TPSA) is 230 Å². The van der Waals surface area contributed by atoms with Crippen LogP contribution in [-0.2, 0) is 30.4 Å².